The molecule has 0 spiro atoms. The van der Waals surface area contributed by atoms with Gasteiger partial charge in [-0.05, 0) is 54.7 Å². The van der Waals surface area contributed by atoms with Crippen LogP contribution in [-0.4, -0.2) is 12.5 Å². The molecule has 3 rings (SSSR count). The van der Waals surface area contributed by atoms with Crippen molar-refractivity contribution < 1.29 is 4.79 Å². The van der Waals surface area contributed by atoms with E-state index in [1.807, 2.05) is 36.4 Å². The van der Waals surface area contributed by atoms with Gasteiger partial charge in [-0.2, -0.15) is 0 Å². The Kier molecular flexibility index (Phi) is 6.30. The van der Waals surface area contributed by atoms with Gasteiger partial charge in [0.15, 0.2) is 0 Å². The largest absolute Gasteiger partial charge is 0.399 e. The number of benzene rings is 2. The Bertz CT molecular complexity index is 682. The lowest BCUT2D eigenvalue weighted by atomic mass is 9.64. The second kappa shape index (κ2) is 8.04. The van der Waals surface area contributed by atoms with Crippen LogP contribution in [0.2, 0.25) is 0 Å². The minimum Gasteiger partial charge on any atom is -0.399 e. The molecule has 0 bridgehead atoms. The fraction of sp³-hybridized carbons (Fsp3) is 0.316. The Labute approximate surface area is 157 Å². The number of rotatable bonds is 5. The molecule has 0 heterocycles. The minimum atomic E-state index is -0.332. The molecule has 24 heavy (non-hydrogen) atoms. The Morgan fingerprint density at radius 2 is 1.71 bits per heavy atom. The maximum absolute atomic E-state index is 12.7. The van der Waals surface area contributed by atoms with E-state index < -0.39 is 0 Å². The zero-order valence-electron chi connectivity index (χ0n) is 13.4. The number of hydrogen-bond donors (Lipinski definition) is 2. The topological polar surface area (TPSA) is 55.1 Å². The standard InChI is InChI=1S/C19H21BrN2O.ClH/c20-16-6-4-15(5-7-16)19(11-1-12-19)18(23)22-13-10-14-2-8-17(21)9-3-14;/h2-9H,1,10-13,21H2,(H,22,23);1H. The molecule has 5 heteroatoms. The number of carbonyl (C=O) groups is 1. The monoisotopic (exact) mass is 408 g/mol. The number of nitrogen functional groups attached to an aromatic ring is 1. The highest BCUT2D eigenvalue weighted by Gasteiger charge is 2.45. The van der Waals surface area contributed by atoms with Crippen LogP contribution < -0.4 is 11.1 Å². The van der Waals surface area contributed by atoms with Crippen molar-refractivity contribution in [2.75, 3.05) is 12.3 Å². The molecule has 1 amide bonds. The van der Waals surface area contributed by atoms with Crippen LogP contribution in [0.5, 0.6) is 0 Å². The molecule has 1 aliphatic rings. The van der Waals surface area contributed by atoms with Crippen LogP contribution in [0, 0.1) is 0 Å². The third-order valence-electron chi connectivity index (χ3n) is 4.72. The van der Waals surface area contributed by atoms with E-state index in [4.69, 9.17) is 5.73 Å². The van der Waals surface area contributed by atoms with Crippen molar-refractivity contribution in [3.05, 3.63) is 64.1 Å². The Hall–Kier alpha value is -1.52. The smallest absolute Gasteiger partial charge is 0.230 e. The van der Waals surface area contributed by atoms with E-state index in [1.165, 1.54) is 5.56 Å². The van der Waals surface area contributed by atoms with Crippen LogP contribution in [0.1, 0.15) is 30.4 Å². The first-order chi connectivity index (χ1) is 11.1. The number of halogens is 2. The van der Waals surface area contributed by atoms with Gasteiger partial charge in [0.25, 0.3) is 0 Å². The number of nitrogens with two attached hydrogens (primary N) is 1. The Morgan fingerprint density at radius 1 is 1.08 bits per heavy atom. The Morgan fingerprint density at radius 3 is 2.25 bits per heavy atom. The van der Waals surface area contributed by atoms with E-state index in [1.54, 1.807) is 0 Å². The zero-order chi connectivity index (χ0) is 16.3. The van der Waals surface area contributed by atoms with Crippen molar-refractivity contribution in [1.82, 2.24) is 5.32 Å². The van der Waals surface area contributed by atoms with E-state index in [0.29, 0.717) is 6.54 Å². The van der Waals surface area contributed by atoms with Gasteiger partial charge in [0, 0.05) is 16.7 Å². The van der Waals surface area contributed by atoms with Gasteiger partial charge in [-0.15, -0.1) is 12.4 Å². The molecule has 3 N–H and O–H groups in total. The van der Waals surface area contributed by atoms with E-state index >= 15 is 0 Å². The summed E-state index contributed by atoms with van der Waals surface area (Å²) in [5, 5.41) is 3.12. The average Bonchev–Trinajstić information content (AvgIpc) is 2.50. The molecular weight excluding hydrogens is 388 g/mol. The summed E-state index contributed by atoms with van der Waals surface area (Å²) in [5.74, 6) is 0.154. The maximum Gasteiger partial charge on any atom is 0.230 e. The summed E-state index contributed by atoms with van der Waals surface area (Å²) in [6, 6.07) is 15.9. The summed E-state index contributed by atoms with van der Waals surface area (Å²) in [7, 11) is 0. The second-order valence-corrected chi connectivity index (χ2v) is 7.11. The van der Waals surface area contributed by atoms with Crippen LogP contribution in [-0.2, 0) is 16.6 Å². The normalized spacial score (nSPS) is 15.0. The van der Waals surface area contributed by atoms with Crippen molar-refractivity contribution >= 4 is 39.9 Å². The highest BCUT2D eigenvalue weighted by atomic mass is 79.9. The molecule has 0 radical (unpaired) electrons. The molecule has 2 aromatic rings. The highest BCUT2D eigenvalue weighted by molar-refractivity contribution is 9.10. The molecule has 3 nitrogen and oxygen atoms in total. The molecule has 1 saturated carbocycles. The fourth-order valence-corrected chi connectivity index (χ4v) is 3.38. The lowest BCUT2D eigenvalue weighted by Gasteiger charge is -2.40. The first-order valence-corrected chi connectivity index (χ1v) is 8.78. The van der Waals surface area contributed by atoms with Crippen LogP contribution in [0.15, 0.2) is 53.0 Å². The lowest BCUT2D eigenvalue weighted by Crippen LogP contribution is -2.49. The number of nitrogens with one attached hydrogen (secondary N) is 1. The molecule has 1 aliphatic carbocycles. The molecule has 1 fully saturated rings. The molecule has 0 unspecified atom stereocenters. The van der Waals surface area contributed by atoms with Gasteiger partial charge in [0.05, 0.1) is 5.41 Å². The van der Waals surface area contributed by atoms with E-state index in [2.05, 4.69) is 33.4 Å². The lowest BCUT2D eigenvalue weighted by molar-refractivity contribution is -0.129. The predicted octanol–water partition coefficient (Wildman–Crippen LogP) is 4.23. The molecule has 0 aromatic heterocycles. The summed E-state index contributed by atoms with van der Waals surface area (Å²) in [5.41, 5.74) is 8.43. The molecular formula is C19H22BrClN2O. The van der Waals surface area contributed by atoms with E-state index in [9.17, 15) is 4.79 Å². The van der Waals surface area contributed by atoms with Crippen LogP contribution >= 0.6 is 28.3 Å². The Balaban J connectivity index is 0.00000208. The third-order valence-corrected chi connectivity index (χ3v) is 5.25. The van der Waals surface area contributed by atoms with Crippen molar-refractivity contribution in [2.24, 2.45) is 0 Å². The zero-order valence-corrected chi connectivity index (χ0v) is 15.8. The van der Waals surface area contributed by atoms with Gasteiger partial charge >= 0.3 is 0 Å². The predicted molar refractivity (Wildman–Crippen MR) is 104 cm³/mol. The maximum atomic E-state index is 12.7. The summed E-state index contributed by atoms with van der Waals surface area (Å²) in [6.45, 7) is 0.654. The summed E-state index contributed by atoms with van der Waals surface area (Å²) in [4.78, 5) is 12.7. The first kappa shape index (κ1) is 18.8. The van der Waals surface area contributed by atoms with Crippen molar-refractivity contribution in [1.29, 1.82) is 0 Å². The first-order valence-electron chi connectivity index (χ1n) is 7.99. The van der Waals surface area contributed by atoms with Gasteiger partial charge in [-0.1, -0.05) is 46.6 Å². The molecule has 0 atom stereocenters. The van der Waals surface area contributed by atoms with E-state index in [-0.39, 0.29) is 23.7 Å². The average molecular weight is 410 g/mol. The van der Waals surface area contributed by atoms with Gasteiger partial charge in [0.2, 0.25) is 5.91 Å². The van der Waals surface area contributed by atoms with Gasteiger partial charge < -0.3 is 11.1 Å². The number of carbonyl (C=O) groups excluding carboxylic acids is 1. The molecule has 0 aliphatic heterocycles. The number of hydrogen-bond acceptors (Lipinski definition) is 2. The van der Waals surface area contributed by atoms with E-state index in [0.717, 1.165) is 41.4 Å². The highest BCUT2D eigenvalue weighted by Crippen LogP contribution is 2.44. The molecule has 2 aromatic carbocycles. The summed E-state index contributed by atoms with van der Waals surface area (Å²) >= 11 is 3.45. The third kappa shape index (κ3) is 3.93. The second-order valence-electron chi connectivity index (χ2n) is 6.19. The van der Waals surface area contributed by atoms with Gasteiger partial charge in [0.1, 0.15) is 0 Å². The van der Waals surface area contributed by atoms with Gasteiger partial charge in [-0.3, -0.25) is 4.79 Å². The SMILES string of the molecule is Cl.Nc1ccc(CCNC(=O)C2(c3ccc(Br)cc3)CCC2)cc1. The summed E-state index contributed by atoms with van der Waals surface area (Å²) in [6.07, 6.45) is 3.80. The fourth-order valence-electron chi connectivity index (χ4n) is 3.12. The van der Waals surface area contributed by atoms with Crippen molar-refractivity contribution in [2.45, 2.75) is 31.1 Å². The number of amides is 1. The van der Waals surface area contributed by atoms with Crippen LogP contribution in [0.3, 0.4) is 0 Å². The molecule has 128 valence electrons. The molecule has 0 saturated heterocycles. The van der Waals surface area contributed by atoms with Crippen molar-refractivity contribution in [3.63, 3.8) is 0 Å². The summed E-state index contributed by atoms with van der Waals surface area (Å²) < 4.78 is 1.04. The van der Waals surface area contributed by atoms with Crippen LogP contribution in [0.25, 0.3) is 0 Å². The number of anilines is 1. The quantitative estimate of drug-likeness (QED) is 0.726. The minimum absolute atomic E-state index is 0. The van der Waals surface area contributed by atoms with Crippen molar-refractivity contribution in [3.8, 4) is 0 Å². The van der Waals surface area contributed by atoms with Gasteiger partial charge in [-0.25, -0.2) is 0 Å². The van der Waals surface area contributed by atoms with Crippen LogP contribution in [0.4, 0.5) is 5.69 Å².